The van der Waals surface area contributed by atoms with E-state index in [9.17, 15) is 4.79 Å². The van der Waals surface area contributed by atoms with E-state index in [1.165, 1.54) is 5.56 Å². The topological polar surface area (TPSA) is 41.6 Å². The summed E-state index contributed by atoms with van der Waals surface area (Å²) in [6.45, 7) is 5.65. The summed E-state index contributed by atoms with van der Waals surface area (Å²) in [6.07, 6.45) is 1.86. The summed E-state index contributed by atoms with van der Waals surface area (Å²) in [5.41, 5.74) is 1.18. The summed E-state index contributed by atoms with van der Waals surface area (Å²) in [4.78, 5) is 13.7. The first-order chi connectivity index (χ1) is 9.60. The SMILES string of the molecule is CNC(CN1CCCC1=O)c1ccc(OC(C)C)cc1. The lowest BCUT2D eigenvalue weighted by Crippen LogP contribution is -2.34. The predicted molar refractivity (Wildman–Crippen MR) is 79.8 cm³/mol. The zero-order valence-electron chi connectivity index (χ0n) is 12.6. The Morgan fingerprint density at radius 2 is 2.00 bits per heavy atom. The maximum Gasteiger partial charge on any atom is 0.222 e. The molecule has 1 aromatic rings. The lowest BCUT2D eigenvalue weighted by Gasteiger charge is -2.24. The third-order valence-corrected chi connectivity index (χ3v) is 3.58. The third-order valence-electron chi connectivity index (χ3n) is 3.58. The van der Waals surface area contributed by atoms with Crippen LogP contribution in [0.1, 0.15) is 38.3 Å². The average molecular weight is 276 g/mol. The summed E-state index contributed by atoms with van der Waals surface area (Å²) in [5.74, 6) is 1.15. The van der Waals surface area contributed by atoms with Gasteiger partial charge in [0.05, 0.1) is 6.10 Å². The molecule has 1 heterocycles. The predicted octanol–water partition coefficient (Wildman–Crippen LogP) is 2.36. The number of ether oxygens (including phenoxy) is 1. The number of amides is 1. The Bertz CT molecular complexity index is 442. The molecule has 0 aliphatic carbocycles. The van der Waals surface area contributed by atoms with Gasteiger partial charge in [-0.2, -0.15) is 0 Å². The zero-order valence-corrected chi connectivity index (χ0v) is 12.6. The summed E-state index contributed by atoms with van der Waals surface area (Å²) >= 11 is 0. The molecule has 20 heavy (non-hydrogen) atoms. The number of rotatable bonds is 6. The molecule has 1 unspecified atom stereocenters. The molecule has 1 atom stereocenters. The van der Waals surface area contributed by atoms with Crippen molar-refractivity contribution in [1.29, 1.82) is 0 Å². The molecule has 1 fully saturated rings. The molecular weight excluding hydrogens is 252 g/mol. The highest BCUT2D eigenvalue weighted by molar-refractivity contribution is 5.78. The fourth-order valence-corrected chi connectivity index (χ4v) is 2.53. The second-order valence-corrected chi connectivity index (χ2v) is 5.52. The molecule has 1 aliphatic heterocycles. The smallest absolute Gasteiger partial charge is 0.222 e. The molecular formula is C16H24N2O2. The largest absolute Gasteiger partial charge is 0.491 e. The van der Waals surface area contributed by atoms with E-state index in [-0.39, 0.29) is 18.1 Å². The van der Waals surface area contributed by atoms with Crippen LogP contribution in [0.5, 0.6) is 5.75 Å². The molecule has 0 bridgehead atoms. The Morgan fingerprint density at radius 1 is 1.30 bits per heavy atom. The van der Waals surface area contributed by atoms with Crippen molar-refractivity contribution in [3.63, 3.8) is 0 Å². The second kappa shape index (κ2) is 6.75. The number of benzene rings is 1. The van der Waals surface area contributed by atoms with Crippen LogP contribution >= 0.6 is 0 Å². The monoisotopic (exact) mass is 276 g/mol. The van der Waals surface area contributed by atoms with Gasteiger partial charge in [0.1, 0.15) is 5.75 Å². The van der Waals surface area contributed by atoms with Gasteiger partial charge < -0.3 is 15.0 Å². The van der Waals surface area contributed by atoms with Crippen LogP contribution in [0, 0.1) is 0 Å². The third kappa shape index (κ3) is 3.73. The van der Waals surface area contributed by atoms with E-state index in [4.69, 9.17) is 4.74 Å². The molecule has 1 aromatic carbocycles. The first kappa shape index (κ1) is 14.9. The van der Waals surface area contributed by atoms with Crippen molar-refractivity contribution in [2.75, 3.05) is 20.1 Å². The minimum Gasteiger partial charge on any atom is -0.491 e. The van der Waals surface area contributed by atoms with Gasteiger partial charge in [-0.3, -0.25) is 4.79 Å². The Kier molecular flexibility index (Phi) is 5.01. The van der Waals surface area contributed by atoms with Crippen LogP contribution < -0.4 is 10.1 Å². The fourth-order valence-electron chi connectivity index (χ4n) is 2.53. The molecule has 2 rings (SSSR count). The normalized spacial score (nSPS) is 16.8. The maximum absolute atomic E-state index is 11.7. The van der Waals surface area contributed by atoms with E-state index < -0.39 is 0 Å². The van der Waals surface area contributed by atoms with Crippen molar-refractivity contribution in [3.8, 4) is 5.75 Å². The second-order valence-electron chi connectivity index (χ2n) is 5.52. The highest BCUT2D eigenvalue weighted by atomic mass is 16.5. The van der Waals surface area contributed by atoms with Crippen LogP contribution in [0.15, 0.2) is 24.3 Å². The molecule has 0 aromatic heterocycles. The van der Waals surface area contributed by atoms with Gasteiger partial charge in [0.2, 0.25) is 5.91 Å². The average Bonchev–Trinajstić information content (AvgIpc) is 2.82. The van der Waals surface area contributed by atoms with E-state index in [1.807, 2.05) is 37.9 Å². The van der Waals surface area contributed by atoms with Crippen LogP contribution in [0.25, 0.3) is 0 Å². The standard InChI is InChI=1S/C16H24N2O2/c1-12(2)20-14-8-6-13(7-9-14)15(17-3)11-18-10-4-5-16(18)19/h6-9,12,15,17H,4-5,10-11H2,1-3H3. The molecule has 0 spiro atoms. The van der Waals surface area contributed by atoms with Gasteiger partial charge >= 0.3 is 0 Å². The number of carbonyl (C=O) groups excluding carboxylic acids is 1. The highest BCUT2D eigenvalue weighted by Crippen LogP contribution is 2.21. The lowest BCUT2D eigenvalue weighted by atomic mass is 10.1. The van der Waals surface area contributed by atoms with Crippen LogP contribution in [-0.4, -0.2) is 37.0 Å². The molecule has 110 valence electrons. The number of hydrogen-bond acceptors (Lipinski definition) is 3. The van der Waals surface area contributed by atoms with Crippen LogP contribution in [0.3, 0.4) is 0 Å². The van der Waals surface area contributed by atoms with Crippen molar-refractivity contribution in [3.05, 3.63) is 29.8 Å². The van der Waals surface area contributed by atoms with Crippen molar-refractivity contribution >= 4 is 5.91 Å². The molecule has 1 aliphatic rings. The number of nitrogens with zero attached hydrogens (tertiary/aromatic N) is 1. The van der Waals surface area contributed by atoms with Gasteiger partial charge in [-0.1, -0.05) is 12.1 Å². The van der Waals surface area contributed by atoms with Gasteiger partial charge in [-0.05, 0) is 45.0 Å². The first-order valence-electron chi connectivity index (χ1n) is 7.32. The minimum absolute atomic E-state index is 0.171. The van der Waals surface area contributed by atoms with E-state index in [0.29, 0.717) is 6.42 Å². The number of nitrogens with one attached hydrogen (secondary N) is 1. The quantitative estimate of drug-likeness (QED) is 0.867. The zero-order chi connectivity index (χ0) is 14.5. The van der Waals surface area contributed by atoms with E-state index in [1.54, 1.807) is 0 Å². The van der Waals surface area contributed by atoms with Gasteiger partial charge in [-0.15, -0.1) is 0 Å². The molecule has 0 radical (unpaired) electrons. The Labute approximate surface area is 121 Å². The van der Waals surface area contributed by atoms with Gasteiger partial charge in [0.15, 0.2) is 0 Å². The van der Waals surface area contributed by atoms with Gasteiger partial charge in [-0.25, -0.2) is 0 Å². The minimum atomic E-state index is 0.171. The number of hydrogen-bond donors (Lipinski definition) is 1. The van der Waals surface area contributed by atoms with Crippen LogP contribution in [0.2, 0.25) is 0 Å². The van der Waals surface area contributed by atoms with Crippen LogP contribution in [0.4, 0.5) is 0 Å². The van der Waals surface area contributed by atoms with Crippen molar-refractivity contribution < 1.29 is 9.53 Å². The van der Waals surface area contributed by atoms with Gasteiger partial charge in [0, 0.05) is 25.6 Å². The Morgan fingerprint density at radius 3 is 2.50 bits per heavy atom. The summed E-state index contributed by atoms with van der Waals surface area (Å²) in [6, 6.07) is 8.29. The van der Waals surface area contributed by atoms with Crippen molar-refractivity contribution in [1.82, 2.24) is 10.2 Å². The highest BCUT2D eigenvalue weighted by Gasteiger charge is 2.23. The van der Waals surface area contributed by atoms with Crippen molar-refractivity contribution in [2.24, 2.45) is 0 Å². The summed E-state index contributed by atoms with van der Waals surface area (Å²) in [5, 5.41) is 3.29. The molecule has 4 heteroatoms. The van der Waals surface area contributed by atoms with E-state index in [2.05, 4.69) is 17.4 Å². The van der Waals surface area contributed by atoms with Crippen LogP contribution in [-0.2, 0) is 4.79 Å². The molecule has 1 saturated heterocycles. The lowest BCUT2D eigenvalue weighted by molar-refractivity contribution is -0.128. The first-order valence-corrected chi connectivity index (χ1v) is 7.32. The van der Waals surface area contributed by atoms with E-state index >= 15 is 0 Å². The number of carbonyl (C=O) groups is 1. The van der Waals surface area contributed by atoms with E-state index in [0.717, 1.165) is 25.3 Å². The number of likely N-dealkylation sites (tertiary alicyclic amines) is 1. The molecule has 1 amide bonds. The van der Waals surface area contributed by atoms with Crippen molar-refractivity contribution in [2.45, 2.75) is 38.8 Å². The Hall–Kier alpha value is -1.55. The molecule has 4 nitrogen and oxygen atoms in total. The van der Waals surface area contributed by atoms with Gasteiger partial charge in [0.25, 0.3) is 0 Å². The number of likely N-dealkylation sites (N-methyl/N-ethyl adjacent to an activating group) is 1. The summed E-state index contributed by atoms with van der Waals surface area (Å²) < 4.78 is 5.65. The maximum atomic E-state index is 11.7. The Balaban J connectivity index is 2.01. The fraction of sp³-hybridized carbons (Fsp3) is 0.562. The summed E-state index contributed by atoms with van der Waals surface area (Å²) in [7, 11) is 1.93. The molecule has 1 N–H and O–H groups in total. The molecule has 0 saturated carbocycles.